The second-order valence-electron chi connectivity index (χ2n) is 8.40. The van der Waals surface area contributed by atoms with Crippen molar-refractivity contribution in [2.24, 2.45) is 0 Å². The molecule has 2 aromatic rings. The molecule has 5 rings (SSSR count). The topological polar surface area (TPSA) is 107 Å². The van der Waals surface area contributed by atoms with E-state index in [4.69, 9.17) is 23.4 Å². The largest absolute Gasteiger partial charge is 0.555 e. The third-order valence-electron chi connectivity index (χ3n) is 6.20. The Morgan fingerprint density at radius 2 is 1.43 bits per heavy atom. The number of fused-ring (bicyclic) bond motifs is 3. The van der Waals surface area contributed by atoms with Crippen LogP contribution in [0.25, 0.3) is 0 Å². The van der Waals surface area contributed by atoms with Crippen LogP contribution in [0.1, 0.15) is 11.1 Å². The molecule has 0 bridgehead atoms. The summed E-state index contributed by atoms with van der Waals surface area (Å²) in [5.41, 5.74) is 2.96. The molecule has 2 aromatic carbocycles. The third-order valence-corrected chi connectivity index (χ3v) is 6.20. The van der Waals surface area contributed by atoms with Gasteiger partial charge in [-0.15, -0.1) is 10.9 Å². The highest BCUT2D eigenvalue weighted by atomic mass is 16.9. The molecule has 10 heteroatoms. The average molecular weight is 414 g/mol. The average Bonchev–Trinajstić information content (AvgIpc) is 3.24. The van der Waals surface area contributed by atoms with E-state index >= 15 is 0 Å². The fourth-order valence-corrected chi connectivity index (χ4v) is 4.48. The number of rotatable bonds is 3. The van der Waals surface area contributed by atoms with Gasteiger partial charge in [0.1, 0.15) is 0 Å². The summed E-state index contributed by atoms with van der Waals surface area (Å²) >= 11 is 0. The molecule has 3 N–H and O–H groups in total. The summed E-state index contributed by atoms with van der Waals surface area (Å²) < 4.78 is 29.4. The maximum Gasteiger partial charge on any atom is 0.409 e. The lowest BCUT2D eigenvalue weighted by atomic mass is 9.70. The smallest absolute Gasteiger partial charge is 0.409 e. The molecular weight excluding hydrogens is 390 g/mol. The first kappa shape index (κ1) is 20.2. The van der Waals surface area contributed by atoms with Gasteiger partial charge in [-0.3, -0.25) is 0 Å². The predicted molar refractivity (Wildman–Crippen MR) is 109 cm³/mol. The van der Waals surface area contributed by atoms with Crippen LogP contribution in [-0.2, 0) is 23.4 Å². The van der Waals surface area contributed by atoms with Crippen LogP contribution in [0.3, 0.4) is 0 Å². The maximum absolute atomic E-state index is 11.2. The van der Waals surface area contributed by atoms with Crippen molar-refractivity contribution in [3.05, 3.63) is 59.7 Å². The minimum absolute atomic E-state index is 0.00106. The molecule has 160 valence electrons. The van der Waals surface area contributed by atoms with Crippen LogP contribution in [0.5, 0.6) is 0 Å². The summed E-state index contributed by atoms with van der Waals surface area (Å²) in [6.07, 6.45) is -2.46. The Labute approximate surface area is 174 Å². The zero-order valence-electron chi connectivity index (χ0n) is 16.8. The van der Waals surface area contributed by atoms with Crippen LogP contribution < -0.4 is 10.9 Å². The van der Waals surface area contributed by atoms with Crippen molar-refractivity contribution in [1.29, 1.82) is 0 Å². The monoisotopic (exact) mass is 414 g/mol. The quantitative estimate of drug-likeness (QED) is 0.561. The van der Waals surface area contributed by atoms with Crippen LogP contribution in [-0.4, -0.2) is 66.0 Å². The first-order valence-corrected chi connectivity index (χ1v) is 10.1. The molecule has 3 aliphatic heterocycles. The van der Waals surface area contributed by atoms with E-state index in [9.17, 15) is 15.2 Å². The number of hydrogen-bond acceptors (Lipinski definition) is 8. The molecule has 3 saturated heterocycles. The van der Waals surface area contributed by atoms with Crippen molar-refractivity contribution in [3.8, 4) is 0 Å². The Hall–Kier alpha value is -1.75. The second kappa shape index (κ2) is 6.88. The van der Waals surface area contributed by atoms with Gasteiger partial charge in [0.05, 0.1) is 31.5 Å². The van der Waals surface area contributed by atoms with E-state index in [2.05, 4.69) is 0 Å². The van der Waals surface area contributed by atoms with Gasteiger partial charge in [-0.05, 0) is 13.8 Å². The van der Waals surface area contributed by atoms with Gasteiger partial charge in [0.2, 0.25) is 0 Å². The lowest BCUT2D eigenvalue weighted by Crippen LogP contribution is -2.60. The third kappa shape index (κ3) is 3.04. The Morgan fingerprint density at radius 3 is 2.00 bits per heavy atom. The highest BCUT2D eigenvalue weighted by molar-refractivity contribution is 6.75. The Bertz CT molecular complexity index is 941. The molecule has 0 saturated carbocycles. The maximum atomic E-state index is 11.2. The van der Waals surface area contributed by atoms with E-state index < -0.39 is 44.2 Å². The first-order valence-electron chi connectivity index (χ1n) is 10.1. The van der Waals surface area contributed by atoms with E-state index in [0.29, 0.717) is 10.9 Å². The van der Waals surface area contributed by atoms with Gasteiger partial charge in [0.15, 0.2) is 5.79 Å². The van der Waals surface area contributed by atoms with Crippen molar-refractivity contribution in [1.82, 2.24) is 0 Å². The van der Waals surface area contributed by atoms with E-state index in [0.717, 1.165) is 11.1 Å². The number of hydrogen-bond donors (Lipinski definition) is 3. The molecule has 6 atom stereocenters. The van der Waals surface area contributed by atoms with Gasteiger partial charge in [-0.1, -0.05) is 59.7 Å². The van der Waals surface area contributed by atoms with Gasteiger partial charge >= 0.3 is 13.5 Å². The van der Waals surface area contributed by atoms with Gasteiger partial charge in [0.25, 0.3) is 0 Å². The summed E-state index contributed by atoms with van der Waals surface area (Å²) in [5.74, 6) is -1.63. The molecule has 0 aromatic heterocycles. The predicted octanol–water partition coefficient (Wildman–Crippen LogP) is -0.802. The van der Waals surface area contributed by atoms with Crippen LogP contribution in [0.2, 0.25) is 0 Å². The van der Waals surface area contributed by atoms with Crippen LogP contribution in [0.4, 0.5) is 0 Å². The lowest BCUT2D eigenvalue weighted by Gasteiger charge is -2.45. The van der Waals surface area contributed by atoms with Crippen LogP contribution in [0, 0.1) is 13.8 Å². The standard InChI is InChI=1S/C20H24B2O8/c1-13-3-7-15(8-4-13)21(24)27-17-11-26-20(12-23)19(18(17)28-21)29-22(25,30-20)16-9-5-14(2)6-10-16/h3-10,17-19,23-25H,11-12H2,1-2H3/q-2/t17-,18-,19+,20+,21?,22?/m1/s1. The fraction of sp³-hybridized carbons (Fsp3) is 0.400. The Kier molecular flexibility index (Phi) is 4.62. The van der Waals surface area contributed by atoms with E-state index in [1.54, 1.807) is 24.3 Å². The van der Waals surface area contributed by atoms with Crippen molar-refractivity contribution < 1.29 is 38.5 Å². The van der Waals surface area contributed by atoms with Crippen molar-refractivity contribution in [2.75, 3.05) is 13.2 Å². The number of aliphatic hydroxyl groups is 1. The number of ether oxygens (including phenoxy) is 1. The second-order valence-corrected chi connectivity index (χ2v) is 8.40. The number of benzene rings is 2. The van der Waals surface area contributed by atoms with Crippen molar-refractivity contribution >= 4 is 24.4 Å². The van der Waals surface area contributed by atoms with Gasteiger partial charge in [-0.25, -0.2) is 0 Å². The molecule has 0 amide bonds. The number of aliphatic hydroxyl groups excluding tert-OH is 1. The molecule has 2 unspecified atom stereocenters. The van der Waals surface area contributed by atoms with Crippen LogP contribution >= 0.6 is 0 Å². The highest BCUT2D eigenvalue weighted by Crippen LogP contribution is 2.44. The SMILES string of the molecule is Cc1ccc([B-]2(O)O[C@@H]3[C@@H](CO[C@@]4(CO)O[B-](O)(c5ccc(C)cc5)O[C@@H]34)O2)cc1. The van der Waals surface area contributed by atoms with E-state index in [1.165, 1.54) is 0 Å². The molecule has 0 spiro atoms. The summed E-state index contributed by atoms with van der Waals surface area (Å²) in [4.78, 5) is 0. The lowest BCUT2D eigenvalue weighted by molar-refractivity contribution is -0.271. The van der Waals surface area contributed by atoms with Gasteiger partial charge in [0, 0.05) is 0 Å². The van der Waals surface area contributed by atoms with Crippen molar-refractivity contribution in [3.63, 3.8) is 0 Å². The zero-order valence-corrected chi connectivity index (χ0v) is 16.8. The molecule has 30 heavy (non-hydrogen) atoms. The van der Waals surface area contributed by atoms with E-state index in [-0.39, 0.29) is 6.61 Å². The van der Waals surface area contributed by atoms with Gasteiger partial charge in [-0.2, -0.15) is 0 Å². The summed E-state index contributed by atoms with van der Waals surface area (Å²) in [6, 6.07) is 14.2. The molecule has 3 fully saturated rings. The van der Waals surface area contributed by atoms with Crippen LogP contribution in [0.15, 0.2) is 48.5 Å². The van der Waals surface area contributed by atoms with Gasteiger partial charge < -0.3 is 38.5 Å². The van der Waals surface area contributed by atoms with Crippen molar-refractivity contribution in [2.45, 2.75) is 37.9 Å². The molecule has 3 aliphatic rings. The minimum Gasteiger partial charge on any atom is -0.555 e. The molecule has 3 heterocycles. The number of aryl methyl sites for hydroxylation is 2. The Balaban J connectivity index is 1.46. The Morgan fingerprint density at radius 1 is 0.867 bits per heavy atom. The molecule has 0 aliphatic carbocycles. The van der Waals surface area contributed by atoms with E-state index in [1.807, 2.05) is 38.1 Å². The normalized spacial score (nSPS) is 40.2. The summed E-state index contributed by atoms with van der Waals surface area (Å²) in [5, 5.41) is 32.3. The molecular formula is C20H24B2O8-2. The fourth-order valence-electron chi connectivity index (χ4n) is 4.48. The minimum atomic E-state index is -2.93. The zero-order chi connectivity index (χ0) is 21.1. The first-order chi connectivity index (χ1) is 14.3. The summed E-state index contributed by atoms with van der Waals surface area (Å²) in [6.45, 7) is -2.39. The highest BCUT2D eigenvalue weighted by Gasteiger charge is 2.63. The molecule has 0 radical (unpaired) electrons. The summed E-state index contributed by atoms with van der Waals surface area (Å²) in [7, 11) is 0. The molecule has 8 nitrogen and oxygen atoms in total.